The second-order valence-corrected chi connectivity index (χ2v) is 6.40. The van der Waals surface area contributed by atoms with Crippen LogP contribution in [0.15, 0.2) is 41.8 Å². The molecule has 0 aliphatic heterocycles. The average Bonchev–Trinajstić information content (AvgIpc) is 2.91. The molecule has 2 rings (SSSR count). The van der Waals surface area contributed by atoms with Gasteiger partial charge in [0.2, 0.25) is 5.91 Å². The van der Waals surface area contributed by atoms with Crippen molar-refractivity contribution in [3.63, 3.8) is 0 Å². The first-order chi connectivity index (χ1) is 9.56. The molecule has 0 fully saturated rings. The van der Waals surface area contributed by atoms with E-state index in [2.05, 4.69) is 43.4 Å². The zero-order chi connectivity index (χ0) is 14.5. The van der Waals surface area contributed by atoms with E-state index in [0.717, 1.165) is 10.4 Å². The van der Waals surface area contributed by atoms with Gasteiger partial charge >= 0.3 is 0 Å². The van der Waals surface area contributed by atoms with Gasteiger partial charge < -0.3 is 5.32 Å². The second kappa shape index (κ2) is 6.71. The lowest BCUT2D eigenvalue weighted by atomic mass is 9.99. The Morgan fingerprint density at radius 1 is 1.10 bits per heavy atom. The Morgan fingerprint density at radius 2 is 1.75 bits per heavy atom. The number of benzene rings is 1. The molecule has 1 amide bonds. The number of carbonyl (C=O) groups excluding carboxylic acids is 1. The van der Waals surface area contributed by atoms with Crippen LogP contribution in [0, 0.1) is 0 Å². The van der Waals surface area contributed by atoms with E-state index >= 15 is 0 Å². The quantitative estimate of drug-likeness (QED) is 0.873. The molecule has 0 saturated heterocycles. The molecular weight excluding hydrogens is 266 g/mol. The molecule has 1 atom stereocenters. The summed E-state index contributed by atoms with van der Waals surface area (Å²) in [4.78, 5) is 13.1. The summed E-state index contributed by atoms with van der Waals surface area (Å²) >= 11 is 1.62. The zero-order valence-corrected chi connectivity index (χ0v) is 13.0. The van der Waals surface area contributed by atoms with Crippen molar-refractivity contribution in [2.45, 2.75) is 39.2 Å². The first-order valence-electron chi connectivity index (χ1n) is 6.98. The lowest BCUT2D eigenvalue weighted by molar-refractivity contribution is -0.121. The Balaban J connectivity index is 1.93. The fourth-order valence-electron chi connectivity index (χ4n) is 2.12. The molecule has 1 aromatic heterocycles. The van der Waals surface area contributed by atoms with Gasteiger partial charge in [0, 0.05) is 4.88 Å². The van der Waals surface area contributed by atoms with E-state index in [1.165, 1.54) is 5.56 Å². The number of hydrogen-bond donors (Lipinski definition) is 1. The summed E-state index contributed by atoms with van der Waals surface area (Å²) in [6, 6.07) is 12.5. The SMILES string of the molecule is CC(C)c1ccc([C@H](C)NC(=O)Cc2cccs2)cc1. The Hall–Kier alpha value is -1.61. The van der Waals surface area contributed by atoms with Crippen molar-refractivity contribution in [3.8, 4) is 0 Å². The molecule has 1 heterocycles. The van der Waals surface area contributed by atoms with E-state index in [4.69, 9.17) is 0 Å². The monoisotopic (exact) mass is 287 g/mol. The fourth-order valence-corrected chi connectivity index (χ4v) is 2.82. The average molecular weight is 287 g/mol. The molecule has 0 aliphatic carbocycles. The summed E-state index contributed by atoms with van der Waals surface area (Å²) in [5.74, 6) is 0.612. The largest absolute Gasteiger partial charge is 0.349 e. The lowest BCUT2D eigenvalue weighted by Gasteiger charge is -2.15. The lowest BCUT2D eigenvalue weighted by Crippen LogP contribution is -2.27. The van der Waals surface area contributed by atoms with E-state index in [-0.39, 0.29) is 11.9 Å². The summed E-state index contributed by atoms with van der Waals surface area (Å²) < 4.78 is 0. The molecule has 0 bridgehead atoms. The van der Waals surface area contributed by atoms with Crippen molar-refractivity contribution < 1.29 is 4.79 Å². The van der Waals surface area contributed by atoms with Crippen LogP contribution in [0.4, 0.5) is 0 Å². The Morgan fingerprint density at radius 3 is 2.30 bits per heavy atom. The van der Waals surface area contributed by atoms with Crippen molar-refractivity contribution >= 4 is 17.2 Å². The maximum absolute atomic E-state index is 12.0. The van der Waals surface area contributed by atoms with Crippen LogP contribution in [0.25, 0.3) is 0 Å². The number of carbonyl (C=O) groups is 1. The Bertz CT molecular complexity index is 543. The van der Waals surface area contributed by atoms with Gasteiger partial charge in [-0.25, -0.2) is 0 Å². The number of amides is 1. The molecular formula is C17H21NOS. The molecule has 3 heteroatoms. The zero-order valence-electron chi connectivity index (χ0n) is 12.2. The third-order valence-corrected chi connectivity index (χ3v) is 4.27. The highest BCUT2D eigenvalue weighted by Gasteiger charge is 2.11. The van der Waals surface area contributed by atoms with Gasteiger partial charge in [-0.15, -0.1) is 11.3 Å². The van der Waals surface area contributed by atoms with Crippen molar-refractivity contribution in [2.75, 3.05) is 0 Å². The summed E-state index contributed by atoms with van der Waals surface area (Å²) in [5, 5.41) is 5.05. The summed E-state index contributed by atoms with van der Waals surface area (Å²) in [5.41, 5.74) is 2.47. The maximum atomic E-state index is 12.0. The standard InChI is InChI=1S/C17H21NOS/c1-12(2)14-6-8-15(9-7-14)13(3)18-17(19)11-16-5-4-10-20-16/h4-10,12-13H,11H2,1-3H3,(H,18,19)/t13-/m0/s1. The molecule has 0 radical (unpaired) electrons. The van der Waals surface area contributed by atoms with E-state index in [9.17, 15) is 4.79 Å². The summed E-state index contributed by atoms with van der Waals surface area (Å²) in [6.07, 6.45) is 0.464. The van der Waals surface area contributed by atoms with Crippen LogP contribution in [0.3, 0.4) is 0 Å². The van der Waals surface area contributed by atoms with Crippen LogP contribution in [-0.4, -0.2) is 5.91 Å². The van der Waals surface area contributed by atoms with Crippen LogP contribution in [0.5, 0.6) is 0 Å². The third kappa shape index (κ3) is 3.94. The number of rotatable bonds is 5. The topological polar surface area (TPSA) is 29.1 Å². The molecule has 0 spiro atoms. The van der Waals surface area contributed by atoms with Gasteiger partial charge in [0.1, 0.15) is 0 Å². The molecule has 1 N–H and O–H groups in total. The van der Waals surface area contributed by atoms with Gasteiger partial charge in [-0.3, -0.25) is 4.79 Å². The van der Waals surface area contributed by atoms with E-state index in [1.807, 2.05) is 24.4 Å². The molecule has 2 aromatic rings. The van der Waals surface area contributed by atoms with Gasteiger partial charge in [0.25, 0.3) is 0 Å². The predicted molar refractivity (Wildman–Crippen MR) is 85.1 cm³/mol. The van der Waals surface area contributed by atoms with E-state index < -0.39 is 0 Å². The van der Waals surface area contributed by atoms with Crippen LogP contribution in [-0.2, 0) is 11.2 Å². The van der Waals surface area contributed by atoms with Crippen LogP contribution >= 0.6 is 11.3 Å². The van der Waals surface area contributed by atoms with Crippen molar-refractivity contribution in [3.05, 3.63) is 57.8 Å². The molecule has 0 aliphatic rings. The molecule has 0 unspecified atom stereocenters. The number of hydrogen-bond acceptors (Lipinski definition) is 2. The molecule has 20 heavy (non-hydrogen) atoms. The van der Waals surface area contributed by atoms with Gasteiger partial charge in [-0.05, 0) is 35.4 Å². The first kappa shape index (κ1) is 14.8. The molecule has 106 valence electrons. The molecule has 2 nitrogen and oxygen atoms in total. The van der Waals surface area contributed by atoms with Crippen molar-refractivity contribution in [1.82, 2.24) is 5.32 Å². The Labute approximate surface area is 124 Å². The van der Waals surface area contributed by atoms with Crippen molar-refractivity contribution in [2.24, 2.45) is 0 Å². The molecule has 0 saturated carbocycles. The predicted octanol–water partition coefficient (Wildman–Crippen LogP) is 4.29. The van der Waals surface area contributed by atoms with Crippen molar-refractivity contribution in [1.29, 1.82) is 0 Å². The Kier molecular flexibility index (Phi) is 4.96. The van der Waals surface area contributed by atoms with Gasteiger partial charge in [0.15, 0.2) is 0 Å². The number of nitrogens with one attached hydrogen (secondary N) is 1. The highest BCUT2D eigenvalue weighted by Crippen LogP contribution is 2.19. The highest BCUT2D eigenvalue weighted by atomic mass is 32.1. The fraction of sp³-hybridized carbons (Fsp3) is 0.353. The minimum Gasteiger partial charge on any atom is -0.349 e. The van der Waals surface area contributed by atoms with E-state index in [1.54, 1.807) is 11.3 Å². The van der Waals surface area contributed by atoms with Crippen LogP contribution in [0.2, 0.25) is 0 Å². The minimum atomic E-state index is 0.0451. The summed E-state index contributed by atoms with van der Waals surface area (Å²) in [6.45, 7) is 6.39. The molecule has 1 aromatic carbocycles. The van der Waals surface area contributed by atoms with Crippen LogP contribution < -0.4 is 5.32 Å². The second-order valence-electron chi connectivity index (χ2n) is 5.37. The number of thiophene rings is 1. The third-order valence-electron chi connectivity index (χ3n) is 3.40. The smallest absolute Gasteiger partial charge is 0.225 e. The highest BCUT2D eigenvalue weighted by molar-refractivity contribution is 7.10. The first-order valence-corrected chi connectivity index (χ1v) is 7.86. The van der Waals surface area contributed by atoms with Gasteiger partial charge in [-0.2, -0.15) is 0 Å². The maximum Gasteiger partial charge on any atom is 0.225 e. The summed E-state index contributed by atoms with van der Waals surface area (Å²) in [7, 11) is 0. The normalized spacial score (nSPS) is 12.4. The van der Waals surface area contributed by atoms with E-state index in [0.29, 0.717) is 12.3 Å². The van der Waals surface area contributed by atoms with Gasteiger partial charge in [0.05, 0.1) is 12.5 Å². The minimum absolute atomic E-state index is 0.0451. The van der Waals surface area contributed by atoms with Crippen LogP contribution in [0.1, 0.15) is 48.7 Å². The van der Waals surface area contributed by atoms with Gasteiger partial charge in [-0.1, -0.05) is 44.2 Å².